The first-order chi connectivity index (χ1) is 10.7. The molecule has 0 bridgehead atoms. The van der Waals surface area contributed by atoms with Gasteiger partial charge in [0.2, 0.25) is 6.29 Å². The monoisotopic (exact) mass is 434 g/mol. The van der Waals surface area contributed by atoms with E-state index in [1.54, 1.807) is 6.26 Å². The fourth-order valence-corrected chi connectivity index (χ4v) is 0.948. The average molecular weight is 433 g/mol. The minimum Gasteiger partial charge on any atom is -0.464 e. The number of hydrogen-bond acceptors (Lipinski definition) is 3. The average Bonchev–Trinajstić information content (AvgIpc) is 3.27. The Morgan fingerprint density at radius 1 is 0.783 bits per heavy atom. The summed E-state index contributed by atoms with van der Waals surface area (Å²) in [5.41, 5.74) is 0. The molecule has 0 amide bonds. The molecule has 1 aliphatic heterocycles. The van der Waals surface area contributed by atoms with Crippen LogP contribution in [-0.2, 0) is 9.47 Å². The maximum atomic E-state index is 5.18. The predicted octanol–water partition coefficient (Wildman–Crippen LogP) is 6.36. The van der Waals surface area contributed by atoms with Gasteiger partial charge < -0.3 is 13.9 Å². The molecule has 3 nitrogen and oxygen atoms in total. The zero-order valence-corrected chi connectivity index (χ0v) is 19.0. The van der Waals surface area contributed by atoms with Gasteiger partial charge >= 0.3 is 0 Å². The maximum absolute atomic E-state index is 5.18. The summed E-state index contributed by atoms with van der Waals surface area (Å²) in [6.07, 6.45) is 9.26. The third-order valence-corrected chi connectivity index (χ3v) is 2.90. The molecule has 4 radical (unpaired) electrons. The molecule has 2 rings (SSSR count). The zero-order valence-electron chi connectivity index (χ0n) is 16.2. The van der Waals surface area contributed by atoms with Gasteiger partial charge in [-0.1, -0.05) is 80.1 Å². The first-order valence-electron chi connectivity index (χ1n) is 8.98. The van der Waals surface area contributed by atoms with Crippen molar-refractivity contribution in [1.29, 1.82) is 0 Å². The molecule has 0 spiro atoms. The maximum Gasteiger partial charge on any atom is 0.217 e. The largest absolute Gasteiger partial charge is 0.464 e. The van der Waals surface area contributed by atoms with Crippen LogP contribution in [0.2, 0.25) is 0 Å². The first-order valence-corrected chi connectivity index (χ1v) is 8.98. The van der Waals surface area contributed by atoms with Gasteiger partial charge in [-0.2, -0.15) is 0 Å². The van der Waals surface area contributed by atoms with E-state index in [1.165, 1.54) is 38.5 Å². The smallest absolute Gasteiger partial charge is 0.217 e. The standard InChI is InChI=1S/C7H8O3.3C4H10.Sn/c1-2-6(8-3-1)7-9-4-5-10-7;3*1-3-4-2;/h1-3,7H,4-5H2;3*3-4H2,1-2H3;. The molecule has 0 N–H and O–H groups in total. The SMILES string of the molecule is CCCC.CCCC.CCCC.[Sn].c1coc(C2OCCO2)c1. The Balaban J connectivity index is -0.000000264. The van der Waals surface area contributed by atoms with E-state index < -0.39 is 0 Å². The number of hydrogen-bond donors (Lipinski definition) is 0. The van der Waals surface area contributed by atoms with Crippen molar-refractivity contribution in [3.63, 3.8) is 0 Å². The fourth-order valence-electron chi connectivity index (χ4n) is 0.948. The molecule has 0 atom stereocenters. The van der Waals surface area contributed by atoms with Gasteiger partial charge in [-0.25, -0.2) is 0 Å². The van der Waals surface area contributed by atoms with Crippen molar-refractivity contribution in [3.8, 4) is 0 Å². The quantitative estimate of drug-likeness (QED) is 0.518. The van der Waals surface area contributed by atoms with E-state index in [0.717, 1.165) is 5.76 Å². The first kappa shape index (κ1) is 27.8. The molecular weight excluding hydrogens is 395 g/mol. The van der Waals surface area contributed by atoms with Crippen molar-refractivity contribution in [2.75, 3.05) is 13.2 Å². The van der Waals surface area contributed by atoms with Crippen LogP contribution in [0.4, 0.5) is 0 Å². The Labute approximate surface area is 161 Å². The van der Waals surface area contributed by atoms with Crippen molar-refractivity contribution >= 4 is 23.9 Å². The van der Waals surface area contributed by atoms with Crippen LogP contribution in [0.15, 0.2) is 22.8 Å². The zero-order chi connectivity index (χ0) is 17.1. The molecular formula is C19H38O3Sn. The molecule has 0 saturated carbocycles. The number of ether oxygens (including phenoxy) is 2. The molecule has 136 valence electrons. The predicted molar refractivity (Wildman–Crippen MR) is 101 cm³/mol. The fraction of sp³-hybridized carbons (Fsp3) is 0.789. The Morgan fingerprint density at radius 2 is 1.17 bits per heavy atom. The molecule has 1 saturated heterocycles. The van der Waals surface area contributed by atoms with Crippen LogP contribution in [-0.4, -0.2) is 37.1 Å². The van der Waals surface area contributed by atoms with Crippen molar-refractivity contribution in [1.82, 2.24) is 0 Å². The van der Waals surface area contributed by atoms with E-state index in [2.05, 4.69) is 41.5 Å². The summed E-state index contributed by atoms with van der Waals surface area (Å²) in [5, 5.41) is 0. The minimum atomic E-state index is -0.269. The summed E-state index contributed by atoms with van der Waals surface area (Å²) < 4.78 is 15.4. The van der Waals surface area contributed by atoms with Crippen LogP contribution in [0.5, 0.6) is 0 Å². The molecule has 4 heteroatoms. The molecule has 0 aromatic carbocycles. The van der Waals surface area contributed by atoms with Gasteiger partial charge in [-0.05, 0) is 12.1 Å². The van der Waals surface area contributed by atoms with Crippen LogP contribution in [0.1, 0.15) is 92.1 Å². The van der Waals surface area contributed by atoms with E-state index in [0.29, 0.717) is 13.2 Å². The molecule has 1 fully saturated rings. The van der Waals surface area contributed by atoms with E-state index in [1.807, 2.05) is 12.1 Å². The van der Waals surface area contributed by atoms with Gasteiger partial charge in [0.05, 0.1) is 19.5 Å². The molecule has 1 aliphatic rings. The van der Waals surface area contributed by atoms with Gasteiger partial charge in [0.15, 0.2) is 5.76 Å². The Hall–Kier alpha value is -0.00130. The van der Waals surface area contributed by atoms with E-state index >= 15 is 0 Å². The van der Waals surface area contributed by atoms with Crippen molar-refractivity contribution in [2.24, 2.45) is 0 Å². The molecule has 0 aliphatic carbocycles. The molecule has 0 unspecified atom stereocenters. The van der Waals surface area contributed by atoms with Gasteiger partial charge in [0.1, 0.15) is 0 Å². The second-order valence-corrected chi connectivity index (χ2v) is 5.09. The third-order valence-electron chi connectivity index (χ3n) is 2.90. The molecule has 1 aromatic heterocycles. The van der Waals surface area contributed by atoms with Gasteiger partial charge in [0.25, 0.3) is 0 Å². The molecule has 2 heterocycles. The van der Waals surface area contributed by atoms with Gasteiger partial charge in [-0.3, -0.25) is 0 Å². The van der Waals surface area contributed by atoms with Crippen LogP contribution >= 0.6 is 0 Å². The summed E-state index contributed by atoms with van der Waals surface area (Å²) in [6, 6.07) is 3.66. The minimum absolute atomic E-state index is 0. The number of unbranched alkanes of at least 4 members (excludes halogenated alkanes) is 3. The Bertz CT molecular complexity index is 255. The van der Waals surface area contributed by atoms with Crippen molar-refractivity contribution in [2.45, 2.75) is 86.4 Å². The van der Waals surface area contributed by atoms with Gasteiger partial charge in [0, 0.05) is 23.9 Å². The Kier molecular flexibility index (Phi) is 29.3. The normalized spacial score (nSPS) is 12.6. The molecule has 23 heavy (non-hydrogen) atoms. The van der Waals surface area contributed by atoms with Crippen LogP contribution in [0, 0.1) is 0 Å². The van der Waals surface area contributed by atoms with Crippen molar-refractivity contribution in [3.05, 3.63) is 24.2 Å². The molecule has 1 aromatic rings. The van der Waals surface area contributed by atoms with E-state index in [-0.39, 0.29) is 30.2 Å². The topological polar surface area (TPSA) is 31.6 Å². The Morgan fingerprint density at radius 3 is 1.43 bits per heavy atom. The van der Waals surface area contributed by atoms with Gasteiger partial charge in [-0.15, -0.1) is 0 Å². The van der Waals surface area contributed by atoms with Crippen LogP contribution < -0.4 is 0 Å². The summed E-state index contributed by atoms with van der Waals surface area (Å²) in [4.78, 5) is 0. The van der Waals surface area contributed by atoms with Crippen molar-refractivity contribution < 1.29 is 13.9 Å². The number of furan rings is 1. The van der Waals surface area contributed by atoms with Crippen LogP contribution in [0.3, 0.4) is 0 Å². The third kappa shape index (κ3) is 20.0. The second-order valence-electron chi connectivity index (χ2n) is 5.09. The second kappa shape index (κ2) is 24.3. The number of rotatable bonds is 4. The summed E-state index contributed by atoms with van der Waals surface area (Å²) in [7, 11) is 0. The summed E-state index contributed by atoms with van der Waals surface area (Å²) >= 11 is 0. The summed E-state index contributed by atoms with van der Waals surface area (Å²) in [5.74, 6) is 0.748. The van der Waals surface area contributed by atoms with E-state index in [9.17, 15) is 0 Å². The van der Waals surface area contributed by atoms with E-state index in [4.69, 9.17) is 13.9 Å². The van der Waals surface area contributed by atoms with Crippen LogP contribution in [0.25, 0.3) is 0 Å². The summed E-state index contributed by atoms with van der Waals surface area (Å²) in [6.45, 7) is 14.4.